The molecule has 0 amide bonds. The van der Waals surface area contributed by atoms with Crippen molar-refractivity contribution in [2.45, 2.75) is 39.7 Å². The fourth-order valence-corrected chi connectivity index (χ4v) is 1.35. The number of hydrogen-bond donors (Lipinski definition) is 0. The van der Waals surface area contributed by atoms with Gasteiger partial charge < -0.3 is 4.55 Å². The molecule has 4 nitrogen and oxygen atoms in total. The van der Waals surface area contributed by atoms with Crippen LogP contribution in [-0.4, -0.2) is 19.1 Å². The van der Waals surface area contributed by atoms with Gasteiger partial charge in [0, 0.05) is 0 Å². The second-order valence-electron chi connectivity index (χ2n) is 3.17. The van der Waals surface area contributed by atoms with Gasteiger partial charge in [0.15, 0.2) is 0 Å². The van der Waals surface area contributed by atoms with Crippen LogP contribution in [0.3, 0.4) is 0 Å². The molecule has 0 saturated carbocycles. The summed E-state index contributed by atoms with van der Waals surface area (Å²) in [5.74, 6) is 0. The van der Waals surface area contributed by atoms with Gasteiger partial charge in [0.2, 0.25) is 10.4 Å². The molecule has 0 radical (unpaired) electrons. The van der Waals surface area contributed by atoms with Gasteiger partial charge in [-0.15, -0.1) is 0 Å². The number of hydrogen-bond acceptors (Lipinski definition) is 4. The molecule has 1 atom stereocenters. The molecular formula is C8H15NaO4S. The van der Waals surface area contributed by atoms with E-state index < -0.39 is 16.5 Å². The van der Waals surface area contributed by atoms with Crippen molar-refractivity contribution in [2.75, 3.05) is 0 Å². The van der Waals surface area contributed by atoms with Crippen molar-refractivity contribution < 1.29 is 46.7 Å². The summed E-state index contributed by atoms with van der Waals surface area (Å²) in [4.78, 5) is 0. The maximum absolute atomic E-state index is 10.1. The minimum atomic E-state index is -4.54. The summed E-state index contributed by atoms with van der Waals surface area (Å²) in [6.07, 6.45) is 2.68. The molecule has 0 saturated heterocycles. The van der Waals surface area contributed by atoms with E-state index >= 15 is 0 Å². The predicted octanol–water partition coefficient (Wildman–Crippen LogP) is -1.40. The van der Waals surface area contributed by atoms with Crippen molar-refractivity contribution in [1.82, 2.24) is 0 Å². The van der Waals surface area contributed by atoms with Crippen LogP contribution in [0.2, 0.25) is 0 Å². The van der Waals surface area contributed by atoms with Gasteiger partial charge in [0.25, 0.3) is 0 Å². The van der Waals surface area contributed by atoms with E-state index in [-0.39, 0.29) is 29.6 Å². The Morgan fingerprint density at radius 3 is 2.36 bits per heavy atom. The SMILES string of the molecule is CC(C)=CCCC(C)OS(=O)(=O)[O-].[Na+]. The Balaban J connectivity index is 0. The zero-order valence-electron chi connectivity index (χ0n) is 9.11. The molecule has 1 unspecified atom stereocenters. The topological polar surface area (TPSA) is 66.4 Å². The van der Waals surface area contributed by atoms with Crippen LogP contribution in [0.4, 0.5) is 0 Å². The van der Waals surface area contributed by atoms with Gasteiger partial charge in [-0.1, -0.05) is 11.6 Å². The molecule has 78 valence electrons. The van der Waals surface area contributed by atoms with Crippen LogP contribution in [0.5, 0.6) is 0 Å². The van der Waals surface area contributed by atoms with Gasteiger partial charge >= 0.3 is 29.6 Å². The molecule has 6 heteroatoms. The smallest absolute Gasteiger partial charge is 0.726 e. The molecule has 0 aliphatic carbocycles. The summed E-state index contributed by atoms with van der Waals surface area (Å²) in [5, 5.41) is 0. The molecule has 0 aromatic heterocycles. The molecule has 0 bridgehead atoms. The van der Waals surface area contributed by atoms with E-state index in [2.05, 4.69) is 4.18 Å². The summed E-state index contributed by atoms with van der Waals surface area (Å²) in [7, 11) is -4.54. The van der Waals surface area contributed by atoms with Gasteiger partial charge in [0.05, 0.1) is 6.10 Å². The maximum atomic E-state index is 10.1. The van der Waals surface area contributed by atoms with Crippen molar-refractivity contribution in [1.29, 1.82) is 0 Å². The van der Waals surface area contributed by atoms with Crippen molar-refractivity contribution in [3.05, 3.63) is 11.6 Å². The van der Waals surface area contributed by atoms with Crippen LogP contribution < -0.4 is 29.6 Å². The maximum Gasteiger partial charge on any atom is 1.00 e. The van der Waals surface area contributed by atoms with Gasteiger partial charge in [0.1, 0.15) is 0 Å². The van der Waals surface area contributed by atoms with Crippen LogP contribution >= 0.6 is 0 Å². The van der Waals surface area contributed by atoms with Crippen LogP contribution in [0, 0.1) is 0 Å². The van der Waals surface area contributed by atoms with Gasteiger partial charge in [-0.25, -0.2) is 8.42 Å². The molecule has 0 aromatic carbocycles. The third-order valence-corrected chi connectivity index (χ3v) is 1.97. The average molecular weight is 230 g/mol. The Bertz CT molecular complexity index is 267. The fraction of sp³-hybridized carbons (Fsp3) is 0.750. The Morgan fingerprint density at radius 1 is 1.50 bits per heavy atom. The number of allylic oxidation sites excluding steroid dienone is 2. The van der Waals surface area contributed by atoms with Crippen LogP contribution in [0.15, 0.2) is 11.6 Å². The number of rotatable bonds is 5. The van der Waals surface area contributed by atoms with E-state index in [4.69, 9.17) is 0 Å². The molecule has 0 aliphatic rings. The van der Waals surface area contributed by atoms with Gasteiger partial charge in [-0.2, -0.15) is 0 Å². The molecule has 0 fully saturated rings. The van der Waals surface area contributed by atoms with Crippen molar-refractivity contribution in [3.63, 3.8) is 0 Å². The molecule has 0 rings (SSSR count). The minimum absolute atomic E-state index is 0. The first kappa shape index (κ1) is 17.0. The first-order valence-corrected chi connectivity index (χ1v) is 5.42. The second kappa shape index (κ2) is 7.84. The third kappa shape index (κ3) is 12.6. The Hall–Kier alpha value is 0.610. The fourth-order valence-electron chi connectivity index (χ4n) is 0.856. The summed E-state index contributed by atoms with van der Waals surface area (Å²) in [5.41, 5.74) is 1.16. The molecule has 0 aliphatic heterocycles. The average Bonchev–Trinajstić information content (AvgIpc) is 1.81. The minimum Gasteiger partial charge on any atom is -0.726 e. The van der Waals surface area contributed by atoms with Crippen LogP contribution in [0.25, 0.3) is 0 Å². The largest absolute Gasteiger partial charge is 1.00 e. The van der Waals surface area contributed by atoms with E-state index in [1.807, 2.05) is 19.9 Å². The third-order valence-electron chi connectivity index (χ3n) is 1.41. The van der Waals surface area contributed by atoms with E-state index in [1.54, 1.807) is 6.92 Å². The standard InChI is InChI=1S/C8H16O4S.Na/c1-7(2)5-4-6-8(3)12-13(9,10)11;/h5,8H,4,6H2,1-3H3,(H,9,10,11);/q;+1/p-1. The summed E-state index contributed by atoms with van der Waals surface area (Å²) in [6.45, 7) is 5.47. The molecule has 0 heterocycles. The zero-order valence-corrected chi connectivity index (χ0v) is 11.9. The molecule has 0 spiro atoms. The van der Waals surface area contributed by atoms with E-state index in [0.717, 1.165) is 12.0 Å². The van der Waals surface area contributed by atoms with Gasteiger partial charge in [-0.3, -0.25) is 4.18 Å². The Labute approximate surface area is 108 Å². The predicted molar refractivity (Wildman–Crippen MR) is 48.9 cm³/mol. The quantitative estimate of drug-likeness (QED) is 0.252. The van der Waals surface area contributed by atoms with Crippen LogP contribution in [0.1, 0.15) is 33.6 Å². The van der Waals surface area contributed by atoms with Crippen molar-refractivity contribution in [2.24, 2.45) is 0 Å². The second-order valence-corrected chi connectivity index (χ2v) is 4.18. The Morgan fingerprint density at radius 2 is 2.00 bits per heavy atom. The van der Waals surface area contributed by atoms with E-state index in [0.29, 0.717) is 6.42 Å². The monoisotopic (exact) mass is 230 g/mol. The normalized spacial score (nSPS) is 12.9. The van der Waals surface area contributed by atoms with Gasteiger partial charge in [-0.05, 0) is 33.6 Å². The van der Waals surface area contributed by atoms with Crippen molar-refractivity contribution in [3.8, 4) is 0 Å². The van der Waals surface area contributed by atoms with Crippen molar-refractivity contribution >= 4 is 10.4 Å². The van der Waals surface area contributed by atoms with Crippen LogP contribution in [-0.2, 0) is 14.6 Å². The first-order chi connectivity index (χ1) is 5.81. The molecule has 0 N–H and O–H groups in total. The molecular weight excluding hydrogens is 215 g/mol. The zero-order chi connectivity index (χ0) is 10.5. The van der Waals surface area contributed by atoms with E-state index in [9.17, 15) is 13.0 Å². The Kier molecular flexibility index (Phi) is 9.54. The summed E-state index contributed by atoms with van der Waals surface area (Å²) >= 11 is 0. The summed E-state index contributed by atoms with van der Waals surface area (Å²) < 4.78 is 34.6. The summed E-state index contributed by atoms with van der Waals surface area (Å²) in [6, 6.07) is 0. The molecule has 0 aromatic rings. The molecule has 14 heavy (non-hydrogen) atoms. The van der Waals surface area contributed by atoms with E-state index in [1.165, 1.54) is 0 Å². The first-order valence-electron chi connectivity index (χ1n) is 4.08.